The van der Waals surface area contributed by atoms with Gasteiger partial charge in [-0.3, -0.25) is 4.21 Å². The van der Waals surface area contributed by atoms with Gasteiger partial charge in [0, 0.05) is 16.3 Å². The summed E-state index contributed by atoms with van der Waals surface area (Å²) < 4.78 is 25.9. The molecule has 0 bridgehead atoms. The third-order valence-electron chi connectivity index (χ3n) is 2.69. The van der Waals surface area contributed by atoms with E-state index in [2.05, 4.69) is 0 Å². The summed E-state index contributed by atoms with van der Waals surface area (Å²) in [5, 5.41) is 9.12. The Labute approximate surface area is 123 Å². The number of nitrogen functional groups attached to an aromatic ring is 1. The SMILES string of the molecule is N#Cc1ccc(CS(=O)c2ccc(Cl)cc2N)c(F)c1. The summed E-state index contributed by atoms with van der Waals surface area (Å²) in [6.07, 6.45) is 0. The summed E-state index contributed by atoms with van der Waals surface area (Å²) in [5.41, 5.74) is 6.56. The van der Waals surface area contributed by atoms with Gasteiger partial charge in [0.1, 0.15) is 5.82 Å². The fourth-order valence-corrected chi connectivity index (χ4v) is 3.07. The summed E-state index contributed by atoms with van der Waals surface area (Å²) in [7, 11) is -1.48. The highest BCUT2D eigenvalue weighted by atomic mass is 35.5. The summed E-state index contributed by atoms with van der Waals surface area (Å²) in [5.74, 6) is -0.562. The zero-order chi connectivity index (χ0) is 14.7. The molecule has 0 aliphatic rings. The Morgan fingerprint density at radius 1 is 1.30 bits per heavy atom. The van der Waals surface area contributed by atoms with Gasteiger partial charge in [-0.2, -0.15) is 5.26 Å². The molecule has 3 nitrogen and oxygen atoms in total. The zero-order valence-corrected chi connectivity index (χ0v) is 11.8. The van der Waals surface area contributed by atoms with E-state index in [1.165, 1.54) is 18.2 Å². The van der Waals surface area contributed by atoms with E-state index in [9.17, 15) is 8.60 Å². The van der Waals surface area contributed by atoms with Gasteiger partial charge in [0.2, 0.25) is 0 Å². The van der Waals surface area contributed by atoms with Crippen LogP contribution in [0.5, 0.6) is 0 Å². The fourth-order valence-electron chi connectivity index (χ4n) is 1.68. The van der Waals surface area contributed by atoms with Crippen LogP contribution in [-0.2, 0) is 16.6 Å². The standard InChI is InChI=1S/C14H10ClFN2OS/c15-11-3-4-14(13(18)6-11)20(19)8-10-2-1-9(7-17)5-12(10)16/h1-6H,8,18H2. The maximum atomic E-state index is 13.7. The predicted molar refractivity (Wildman–Crippen MR) is 77.1 cm³/mol. The van der Waals surface area contributed by atoms with Gasteiger partial charge in [-0.1, -0.05) is 17.7 Å². The number of nitriles is 1. The molecule has 2 N–H and O–H groups in total. The molecule has 0 radical (unpaired) electrons. The number of hydrogen-bond donors (Lipinski definition) is 1. The van der Waals surface area contributed by atoms with Crippen molar-refractivity contribution < 1.29 is 8.60 Å². The maximum Gasteiger partial charge on any atom is 0.128 e. The zero-order valence-electron chi connectivity index (χ0n) is 10.3. The van der Waals surface area contributed by atoms with Crippen molar-refractivity contribution in [2.24, 2.45) is 0 Å². The summed E-state index contributed by atoms with van der Waals surface area (Å²) in [4.78, 5) is 0.415. The number of anilines is 1. The molecule has 2 rings (SSSR count). The maximum absolute atomic E-state index is 13.7. The molecule has 0 saturated carbocycles. The lowest BCUT2D eigenvalue weighted by molar-refractivity contribution is 0.614. The van der Waals surface area contributed by atoms with Gasteiger partial charge >= 0.3 is 0 Å². The van der Waals surface area contributed by atoms with Crippen molar-refractivity contribution in [3.8, 4) is 6.07 Å². The van der Waals surface area contributed by atoms with Crippen LogP contribution < -0.4 is 5.73 Å². The second-order valence-electron chi connectivity index (χ2n) is 4.09. The van der Waals surface area contributed by atoms with Crippen LogP contribution in [0, 0.1) is 17.1 Å². The monoisotopic (exact) mass is 308 g/mol. The Morgan fingerprint density at radius 2 is 2.05 bits per heavy atom. The Kier molecular flexibility index (Phi) is 4.38. The quantitative estimate of drug-likeness (QED) is 0.885. The minimum Gasteiger partial charge on any atom is -0.398 e. The van der Waals surface area contributed by atoms with E-state index in [4.69, 9.17) is 22.6 Å². The molecule has 0 fully saturated rings. The van der Waals surface area contributed by atoms with E-state index in [1.54, 1.807) is 12.1 Å². The molecular formula is C14H10ClFN2OS. The van der Waals surface area contributed by atoms with Crippen LogP contribution >= 0.6 is 11.6 Å². The highest BCUT2D eigenvalue weighted by molar-refractivity contribution is 7.84. The van der Waals surface area contributed by atoms with Crippen molar-refractivity contribution in [2.75, 3.05) is 5.73 Å². The van der Waals surface area contributed by atoms with Gasteiger partial charge in [-0.05, 0) is 30.3 Å². The molecule has 102 valence electrons. The highest BCUT2D eigenvalue weighted by Gasteiger charge is 2.12. The fraction of sp³-hybridized carbons (Fsp3) is 0.0714. The number of halogens is 2. The first-order chi connectivity index (χ1) is 9.51. The minimum absolute atomic E-state index is 0.0105. The van der Waals surface area contributed by atoms with Crippen molar-refractivity contribution >= 4 is 28.1 Å². The lowest BCUT2D eigenvalue weighted by Gasteiger charge is -2.07. The topological polar surface area (TPSA) is 66.9 Å². The van der Waals surface area contributed by atoms with E-state index in [1.807, 2.05) is 6.07 Å². The smallest absolute Gasteiger partial charge is 0.128 e. The van der Waals surface area contributed by atoms with Crippen LogP contribution in [-0.4, -0.2) is 4.21 Å². The first-order valence-corrected chi connectivity index (χ1v) is 7.33. The number of nitrogens with zero attached hydrogens (tertiary/aromatic N) is 1. The molecule has 2 aromatic carbocycles. The van der Waals surface area contributed by atoms with Crippen molar-refractivity contribution in [3.63, 3.8) is 0 Å². The van der Waals surface area contributed by atoms with Crippen LogP contribution in [0.3, 0.4) is 0 Å². The van der Waals surface area contributed by atoms with Gasteiger partial charge in [0.25, 0.3) is 0 Å². The van der Waals surface area contributed by atoms with Gasteiger partial charge in [-0.25, -0.2) is 4.39 Å². The Balaban J connectivity index is 2.26. The normalized spacial score (nSPS) is 11.8. The largest absolute Gasteiger partial charge is 0.398 e. The second-order valence-corrected chi connectivity index (χ2v) is 5.95. The lowest BCUT2D eigenvalue weighted by Crippen LogP contribution is -2.02. The third-order valence-corrected chi connectivity index (χ3v) is 4.36. The van der Waals surface area contributed by atoms with E-state index in [-0.39, 0.29) is 16.9 Å². The Morgan fingerprint density at radius 3 is 2.65 bits per heavy atom. The molecule has 0 heterocycles. The number of nitrogens with two attached hydrogens (primary N) is 1. The molecule has 6 heteroatoms. The molecule has 0 saturated heterocycles. The number of hydrogen-bond acceptors (Lipinski definition) is 3. The van der Waals surface area contributed by atoms with Gasteiger partial charge < -0.3 is 5.73 Å². The van der Waals surface area contributed by atoms with E-state index in [0.29, 0.717) is 15.6 Å². The Bertz CT molecular complexity index is 728. The number of rotatable bonds is 3. The third kappa shape index (κ3) is 3.16. The first-order valence-electron chi connectivity index (χ1n) is 5.63. The molecule has 1 unspecified atom stereocenters. The molecular weight excluding hydrogens is 299 g/mol. The molecule has 2 aromatic rings. The van der Waals surface area contributed by atoms with Crippen LogP contribution in [0.2, 0.25) is 5.02 Å². The molecule has 0 spiro atoms. The predicted octanol–water partition coefficient (Wildman–Crippen LogP) is 3.24. The second kappa shape index (κ2) is 6.04. The van der Waals surface area contributed by atoms with Gasteiger partial charge in [-0.15, -0.1) is 0 Å². The van der Waals surface area contributed by atoms with E-state index < -0.39 is 16.6 Å². The van der Waals surface area contributed by atoms with Crippen molar-refractivity contribution in [3.05, 3.63) is 58.4 Å². The summed E-state index contributed by atoms with van der Waals surface area (Å²) >= 11 is 5.77. The van der Waals surface area contributed by atoms with Crippen LogP contribution in [0.15, 0.2) is 41.3 Å². The van der Waals surface area contributed by atoms with E-state index in [0.717, 1.165) is 6.07 Å². The molecule has 0 aliphatic heterocycles. The number of benzene rings is 2. The molecule has 20 heavy (non-hydrogen) atoms. The Hall–Kier alpha value is -1.90. The van der Waals surface area contributed by atoms with Gasteiger partial charge in [0.15, 0.2) is 0 Å². The van der Waals surface area contributed by atoms with Crippen molar-refractivity contribution in [1.82, 2.24) is 0 Å². The minimum atomic E-state index is -1.48. The average Bonchev–Trinajstić information content (AvgIpc) is 2.40. The highest BCUT2D eigenvalue weighted by Crippen LogP contribution is 2.23. The average molecular weight is 309 g/mol. The van der Waals surface area contributed by atoms with E-state index >= 15 is 0 Å². The lowest BCUT2D eigenvalue weighted by atomic mass is 10.1. The first kappa shape index (κ1) is 14.5. The molecule has 0 aromatic heterocycles. The van der Waals surface area contributed by atoms with Crippen LogP contribution in [0.25, 0.3) is 0 Å². The molecule has 0 aliphatic carbocycles. The van der Waals surface area contributed by atoms with Crippen molar-refractivity contribution in [2.45, 2.75) is 10.6 Å². The summed E-state index contributed by atoms with van der Waals surface area (Å²) in [6, 6.07) is 10.6. The van der Waals surface area contributed by atoms with Crippen LogP contribution in [0.1, 0.15) is 11.1 Å². The van der Waals surface area contributed by atoms with Crippen LogP contribution in [0.4, 0.5) is 10.1 Å². The van der Waals surface area contributed by atoms with Gasteiger partial charge in [0.05, 0.1) is 33.1 Å². The summed E-state index contributed by atoms with van der Waals surface area (Å²) in [6.45, 7) is 0. The van der Waals surface area contributed by atoms with Crippen molar-refractivity contribution in [1.29, 1.82) is 5.26 Å². The molecule has 1 atom stereocenters. The molecule has 0 amide bonds.